The molecule has 4 rings (SSSR count). The number of Topliss-reactive ketones (excluding diaryl/α,β-unsaturated/α-hetero) is 1. The molecule has 1 aliphatic rings. The van der Waals surface area contributed by atoms with Crippen LogP contribution in [0.4, 0.5) is 5.69 Å². The Morgan fingerprint density at radius 2 is 2.04 bits per heavy atom. The maximum Gasteiger partial charge on any atom is 0.275 e. The number of hydrogen-bond acceptors (Lipinski definition) is 7. The van der Waals surface area contributed by atoms with Gasteiger partial charge in [0.2, 0.25) is 6.79 Å². The number of aryl methyl sites for hydroxylation is 1. The second-order valence-corrected chi connectivity index (χ2v) is 6.56. The number of nitrogens with zero attached hydrogens (tertiary/aromatic N) is 3. The number of ether oxygens (including phenoxy) is 2. The fraction of sp³-hybridized carbons (Fsp3) is 0.176. The summed E-state index contributed by atoms with van der Waals surface area (Å²) < 4.78 is 12.3. The molecule has 132 valence electrons. The Morgan fingerprint density at radius 1 is 1.27 bits per heavy atom. The number of amides is 1. The molecule has 0 unspecified atom stereocenters. The van der Waals surface area contributed by atoms with Gasteiger partial charge in [-0.3, -0.25) is 14.3 Å². The number of anilines is 1. The Labute approximate surface area is 152 Å². The lowest BCUT2D eigenvalue weighted by Crippen LogP contribution is -2.14. The molecule has 0 spiro atoms. The summed E-state index contributed by atoms with van der Waals surface area (Å²) in [6, 6.07) is 3.16. The minimum absolute atomic E-state index is 0.0879. The molecule has 8 nitrogen and oxygen atoms in total. The normalized spacial score (nSPS) is 12.2. The van der Waals surface area contributed by atoms with Crippen molar-refractivity contribution in [2.75, 3.05) is 12.1 Å². The van der Waals surface area contributed by atoms with Crippen molar-refractivity contribution >= 4 is 28.7 Å². The lowest BCUT2D eigenvalue weighted by molar-refractivity contribution is 0.101. The number of ketones is 1. The molecule has 26 heavy (non-hydrogen) atoms. The minimum Gasteiger partial charge on any atom is -0.454 e. The molecule has 3 aromatic rings. The van der Waals surface area contributed by atoms with E-state index in [1.807, 2.05) is 13.2 Å². The van der Waals surface area contributed by atoms with Crippen molar-refractivity contribution in [2.24, 2.45) is 7.05 Å². The first-order valence-electron chi connectivity index (χ1n) is 7.72. The average Bonchev–Trinajstić information content (AvgIpc) is 3.33. The van der Waals surface area contributed by atoms with E-state index in [0.29, 0.717) is 27.8 Å². The van der Waals surface area contributed by atoms with Gasteiger partial charge in [-0.1, -0.05) is 0 Å². The van der Waals surface area contributed by atoms with Crippen molar-refractivity contribution in [1.82, 2.24) is 14.8 Å². The van der Waals surface area contributed by atoms with E-state index >= 15 is 0 Å². The summed E-state index contributed by atoms with van der Waals surface area (Å²) in [5, 5.41) is 9.19. The van der Waals surface area contributed by atoms with Gasteiger partial charge in [0.1, 0.15) is 10.7 Å². The molecule has 0 bridgehead atoms. The molecule has 0 radical (unpaired) electrons. The second kappa shape index (κ2) is 6.26. The highest BCUT2D eigenvalue weighted by Gasteiger charge is 2.21. The van der Waals surface area contributed by atoms with Gasteiger partial charge in [-0.15, -0.1) is 11.3 Å². The topological polar surface area (TPSA) is 95.3 Å². The molecule has 1 aliphatic heterocycles. The first-order valence-corrected chi connectivity index (χ1v) is 8.59. The van der Waals surface area contributed by atoms with Crippen LogP contribution in [-0.2, 0) is 7.05 Å². The molecule has 0 saturated carbocycles. The van der Waals surface area contributed by atoms with Crippen molar-refractivity contribution in [2.45, 2.75) is 6.92 Å². The zero-order valence-electron chi connectivity index (χ0n) is 14.0. The van der Waals surface area contributed by atoms with Gasteiger partial charge in [-0.25, -0.2) is 4.98 Å². The van der Waals surface area contributed by atoms with Crippen LogP contribution < -0.4 is 14.8 Å². The lowest BCUT2D eigenvalue weighted by atomic mass is 10.1. The number of carbonyl (C=O) groups is 2. The fourth-order valence-electron chi connectivity index (χ4n) is 2.57. The van der Waals surface area contributed by atoms with Crippen LogP contribution in [0.25, 0.3) is 10.6 Å². The predicted octanol–water partition coefficient (Wildman–Crippen LogP) is 2.73. The quantitative estimate of drug-likeness (QED) is 0.710. The van der Waals surface area contributed by atoms with Gasteiger partial charge in [0.25, 0.3) is 5.91 Å². The molecule has 9 heteroatoms. The largest absolute Gasteiger partial charge is 0.454 e. The summed E-state index contributed by atoms with van der Waals surface area (Å²) in [7, 11) is 1.81. The summed E-state index contributed by atoms with van der Waals surface area (Å²) in [5.41, 5.74) is 1.82. The SMILES string of the molecule is CC(=O)c1cc2c(cc1NC(=O)c1csc(-c3cnn(C)c3)n1)OCO2. The summed E-state index contributed by atoms with van der Waals surface area (Å²) in [6.07, 6.45) is 3.51. The fourth-order valence-corrected chi connectivity index (χ4v) is 3.34. The lowest BCUT2D eigenvalue weighted by Gasteiger charge is -2.09. The number of fused-ring (bicyclic) bond motifs is 1. The van der Waals surface area contributed by atoms with E-state index in [-0.39, 0.29) is 18.3 Å². The standard InChI is InChI=1S/C17H14N4O4S/c1-9(22)11-3-14-15(25-8-24-14)4-12(11)19-16(23)13-7-26-17(20-13)10-5-18-21(2)6-10/h3-7H,8H2,1-2H3,(H,19,23). The van der Waals surface area contributed by atoms with Gasteiger partial charge in [0, 0.05) is 35.8 Å². The van der Waals surface area contributed by atoms with E-state index in [1.54, 1.807) is 28.4 Å². The van der Waals surface area contributed by atoms with Crippen LogP contribution >= 0.6 is 11.3 Å². The zero-order valence-corrected chi connectivity index (χ0v) is 14.8. The zero-order chi connectivity index (χ0) is 18.3. The summed E-state index contributed by atoms with van der Waals surface area (Å²) >= 11 is 1.35. The number of hydrogen-bond donors (Lipinski definition) is 1. The van der Waals surface area contributed by atoms with Crippen LogP contribution in [0.1, 0.15) is 27.8 Å². The Hall–Kier alpha value is -3.20. The monoisotopic (exact) mass is 370 g/mol. The van der Waals surface area contributed by atoms with Gasteiger partial charge in [-0.2, -0.15) is 5.10 Å². The molecule has 0 atom stereocenters. The maximum atomic E-state index is 12.6. The summed E-state index contributed by atoms with van der Waals surface area (Å²) in [5.74, 6) is 0.381. The van der Waals surface area contributed by atoms with Gasteiger partial charge in [0.05, 0.1) is 11.9 Å². The molecule has 2 aromatic heterocycles. The van der Waals surface area contributed by atoms with E-state index in [9.17, 15) is 9.59 Å². The third-order valence-corrected chi connectivity index (χ3v) is 4.72. The van der Waals surface area contributed by atoms with Crippen LogP contribution in [-0.4, -0.2) is 33.2 Å². The van der Waals surface area contributed by atoms with Gasteiger partial charge in [0.15, 0.2) is 17.3 Å². The highest BCUT2D eigenvalue weighted by molar-refractivity contribution is 7.13. The Balaban J connectivity index is 1.61. The molecule has 3 heterocycles. The molecule has 0 aliphatic carbocycles. The van der Waals surface area contributed by atoms with E-state index in [0.717, 1.165) is 5.56 Å². The predicted molar refractivity (Wildman–Crippen MR) is 94.8 cm³/mol. The first kappa shape index (κ1) is 16.3. The molecule has 0 saturated heterocycles. The number of aromatic nitrogens is 3. The van der Waals surface area contributed by atoms with Crippen molar-refractivity contribution in [3.63, 3.8) is 0 Å². The van der Waals surface area contributed by atoms with Crippen LogP contribution in [0, 0.1) is 0 Å². The highest BCUT2D eigenvalue weighted by atomic mass is 32.1. The molecule has 1 N–H and O–H groups in total. The van der Waals surface area contributed by atoms with Gasteiger partial charge < -0.3 is 14.8 Å². The maximum absolute atomic E-state index is 12.6. The molecule has 0 fully saturated rings. The molecular formula is C17H14N4O4S. The van der Waals surface area contributed by atoms with E-state index < -0.39 is 5.91 Å². The minimum atomic E-state index is -0.405. The van der Waals surface area contributed by atoms with Crippen LogP contribution in [0.3, 0.4) is 0 Å². The van der Waals surface area contributed by atoms with E-state index in [1.165, 1.54) is 18.3 Å². The van der Waals surface area contributed by atoms with Crippen LogP contribution in [0.2, 0.25) is 0 Å². The Kier molecular flexibility index (Phi) is 3.92. The Bertz CT molecular complexity index is 1020. The van der Waals surface area contributed by atoms with Crippen LogP contribution in [0.5, 0.6) is 11.5 Å². The number of rotatable bonds is 4. The van der Waals surface area contributed by atoms with Gasteiger partial charge in [-0.05, 0) is 13.0 Å². The van der Waals surface area contributed by atoms with E-state index in [2.05, 4.69) is 15.4 Å². The summed E-state index contributed by atoms with van der Waals surface area (Å²) in [6.45, 7) is 1.52. The third kappa shape index (κ3) is 2.93. The molecular weight excluding hydrogens is 356 g/mol. The summed E-state index contributed by atoms with van der Waals surface area (Å²) in [4.78, 5) is 28.8. The van der Waals surface area contributed by atoms with E-state index in [4.69, 9.17) is 9.47 Å². The number of thiazole rings is 1. The average molecular weight is 370 g/mol. The molecule has 1 aromatic carbocycles. The number of carbonyl (C=O) groups excluding carboxylic acids is 2. The Morgan fingerprint density at radius 3 is 2.73 bits per heavy atom. The van der Waals surface area contributed by atoms with Crippen LogP contribution in [0.15, 0.2) is 29.9 Å². The van der Waals surface area contributed by atoms with Gasteiger partial charge >= 0.3 is 0 Å². The van der Waals surface area contributed by atoms with Crippen molar-refractivity contribution < 1.29 is 19.1 Å². The van der Waals surface area contributed by atoms with Crippen molar-refractivity contribution in [3.05, 3.63) is 41.2 Å². The molecule has 1 amide bonds. The highest BCUT2D eigenvalue weighted by Crippen LogP contribution is 2.37. The smallest absolute Gasteiger partial charge is 0.275 e. The number of nitrogens with one attached hydrogen (secondary N) is 1. The number of benzene rings is 1. The first-order chi connectivity index (χ1) is 12.5. The van der Waals surface area contributed by atoms with Crippen molar-refractivity contribution in [3.8, 4) is 22.1 Å². The second-order valence-electron chi connectivity index (χ2n) is 5.70. The third-order valence-electron chi connectivity index (χ3n) is 3.83. The van der Waals surface area contributed by atoms with Crippen molar-refractivity contribution in [1.29, 1.82) is 0 Å².